The van der Waals surface area contributed by atoms with Crippen LogP contribution in [0.15, 0.2) is 108 Å². The molecule has 7 nitrogen and oxygen atoms in total. The molecule has 0 saturated heterocycles. The van der Waals surface area contributed by atoms with Gasteiger partial charge in [0.1, 0.15) is 18.4 Å². The number of halogens is 2. The fraction of sp³-hybridized carbons (Fsp3) is 0.188. The smallest absolute Gasteiger partial charge is 0.264 e. The first kappa shape index (κ1) is 30.7. The normalized spacial score (nSPS) is 11.9. The summed E-state index contributed by atoms with van der Waals surface area (Å²) in [5, 5.41) is 3.09. The first-order valence-corrected chi connectivity index (χ1v) is 15.0. The second-order valence-electron chi connectivity index (χ2n) is 9.77. The Morgan fingerprint density at radius 2 is 1.52 bits per heavy atom. The number of aryl methyl sites for hydroxylation is 1. The summed E-state index contributed by atoms with van der Waals surface area (Å²) in [6.07, 6.45) is 0.189. The number of likely N-dealkylation sites (N-methyl/N-ethyl adjacent to an activating group) is 1. The number of carbonyl (C=O) groups excluding carboxylic acids is 2. The molecule has 1 atom stereocenters. The number of nitrogens with one attached hydrogen (secondary N) is 1. The van der Waals surface area contributed by atoms with Crippen molar-refractivity contribution < 1.29 is 22.4 Å². The maximum Gasteiger partial charge on any atom is 0.264 e. The van der Waals surface area contributed by atoms with Crippen molar-refractivity contribution in [3.8, 4) is 0 Å². The summed E-state index contributed by atoms with van der Waals surface area (Å²) in [4.78, 5) is 28.8. The number of rotatable bonds is 11. The summed E-state index contributed by atoms with van der Waals surface area (Å²) in [5.74, 6) is -1.59. The Labute approximate surface area is 250 Å². The van der Waals surface area contributed by atoms with Gasteiger partial charge in [-0.2, -0.15) is 0 Å². The van der Waals surface area contributed by atoms with E-state index in [2.05, 4.69) is 5.32 Å². The molecule has 0 bridgehead atoms. The summed E-state index contributed by atoms with van der Waals surface area (Å²) < 4.78 is 42.6. The van der Waals surface area contributed by atoms with Crippen LogP contribution in [0.25, 0.3) is 0 Å². The van der Waals surface area contributed by atoms with E-state index in [0.717, 1.165) is 27.6 Å². The first-order valence-electron chi connectivity index (χ1n) is 13.2. The maximum absolute atomic E-state index is 14.2. The Morgan fingerprint density at radius 3 is 2.14 bits per heavy atom. The average Bonchev–Trinajstić information content (AvgIpc) is 2.98. The molecule has 0 radical (unpaired) electrons. The van der Waals surface area contributed by atoms with Crippen LogP contribution < -0.4 is 9.62 Å². The van der Waals surface area contributed by atoms with Gasteiger partial charge in [-0.25, -0.2) is 12.8 Å². The molecule has 4 aromatic rings. The Kier molecular flexibility index (Phi) is 9.98. The second-order valence-corrected chi connectivity index (χ2v) is 12.1. The van der Waals surface area contributed by atoms with Crippen molar-refractivity contribution in [1.29, 1.82) is 0 Å². The number of amides is 2. The molecule has 4 rings (SSSR count). The third-order valence-electron chi connectivity index (χ3n) is 6.76. The molecule has 0 saturated carbocycles. The third-order valence-corrected chi connectivity index (χ3v) is 8.79. The number of anilines is 1. The van der Waals surface area contributed by atoms with Crippen molar-refractivity contribution in [1.82, 2.24) is 10.2 Å². The number of hydrogen-bond donors (Lipinski definition) is 1. The SMILES string of the molecule is CNC(=O)C(Cc1ccccc1)N(Cc1cccc(Cl)c1)C(=O)CN(c1ccc(F)cc1)S(=O)(=O)c1ccc(C)cc1. The standard InChI is InChI=1S/C32H31ClFN3O4S/c1-23-11-17-29(18-12-23)42(40,41)37(28-15-13-27(34)14-16-28)22-31(38)36(21-25-9-6-10-26(33)19-25)30(32(39)35-2)20-24-7-4-3-5-8-24/h3-19,30H,20-22H2,1-2H3,(H,35,39). The van der Waals surface area contributed by atoms with Crippen LogP contribution in [-0.2, 0) is 32.6 Å². The molecule has 0 aromatic heterocycles. The Hall–Kier alpha value is -4.21. The number of carbonyl (C=O) groups is 2. The van der Waals surface area contributed by atoms with Crippen LogP contribution in [-0.4, -0.2) is 44.8 Å². The van der Waals surface area contributed by atoms with Gasteiger partial charge >= 0.3 is 0 Å². The van der Waals surface area contributed by atoms with E-state index in [9.17, 15) is 22.4 Å². The lowest BCUT2D eigenvalue weighted by molar-refractivity contribution is -0.139. The second kappa shape index (κ2) is 13.6. The van der Waals surface area contributed by atoms with E-state index in [1.54, 1.807) is 36.4 Å². The molecule has 10 heteroatoms. The molecule has 0 aliphatic carbocycles. The van der Waals surface area contributed by atoms with Crippen LogP contribution in [0.2, 0.25) is 5.02 Å². The predicted octanol–water partition coefficient (Wildman–Crippen LogP) is 5.37. The van der Waals surface area contributed by atoms with Gasteiger partial charge in [0.2, 0.25) is 11.8 Å². The van der Waals surface area contributed by atoms with Crippen molar-refractivity contribution in [3.05, 3.63) is 131 Å². The summed E-state index contributed by atoms with van der Waals surface area (Å²) >= 11 is 6.22. The van der Waals surface area contributed by atoms with Crippen LogP contribution in [0.1, 0.15) is 16.7 Å². The van der Waals surface area contributed by atoms with Gasteiger partial charge in [0.25, 0.3) is 10.0 Å². The van der Waals surface area contributed by atoms with E-state index in [1.807, 2.05) is 37.3 Å². The number of sulfonamides is 1. The van der Waals surface area contributed by atoms with Crippen molar-refractivity contribution in [2.45, 2.75) is 30.8 Å². The van der Waals surface area contributed by atoms with E-state index in [-0.39, 0.29) is 23.5 Å². The molecular weight excluding hydrogens is 577 g/mol. The van der Waals surface area contributed by atoms with E-state index >= 15 is 0 Å². The highest BCUT2D eigenvalue weighted by Crippen LogP contribution is 2.26. The lowest BCUT2D eigenvalue weighted by Gasteiger charge is -2.33. The highest BCUT2D eigenvalue weighted by atomic mass is 35.5. The monoisotopic (exact) mass is 607 g/mol. The van der Waals surface area contributed by atoms with Gasteiger partial charge in [-0.1, -0.05) is 71.8 Å². The lowest BCUT2D eigenvalue weighted by atomic mass is 10.0. The summed E-state index contributed by atoms with van der Waals surface area (Å²) in [7, 11) is -2.78. The molecule has 0 aliphatic heterocycles. The van der Waals surface area contributed by atoms with E-state index in [1.165, 1.54) is 36.2 Å². The van der Waals surface area contributed by atoms with Crippen molar-refractivity contribution >= 4 is 39.1 Å². The molecular formula is C32H31ClFN3O4S. The highest BCUT2D eigenvalue weighted by molar-refractivity contribution is 7.92. The molecule has 42 heavy (non-hydrogen) atoms. The van der Waals surface area contributed by atoms with E-state index < -0.39 is 40.2 Å². The Morgan fingerprint density at radius 1 is 0.881 bits per heavy atom. The van der Waals surface area contributed by atoms with Gasteiger partial charge in [-0.05, 0) is 66.6 Å². The van der Waals surface area contributed by atoms with Gasteiger partial charge in [0.05, 0.1) is 10.6 Å². The topological polar surface area (TPSA) is 86.8 Å². The van der Waals surface area contributed by atoms with E-state index in [0.29, 0.717) is 10.6 Å². The van der Waals surface area contributed by atoms with Gasteiger partial charge in [0, 0.05) is 25.0 Å². The summed E-state index contributed by atoms with van der Waals surface area (Å²) in [6.45, 7) is 1.19. The summed E-state index contributed by atoms with van der Waals surface area (Å²) in [6, 6.07) is 26.2. The van der Waals surface area contributed by atoms with Crippen molar-refractivity contribution in [3.63, 3.8) is 0 Å². The first-order chi connectivity index (χ1) is 20.1. The molecule has 1 N–H and O–H groups in total. The van der Waals surface area contributed by atoms with Crippen LogP contribution in [0.5, 0.6) is 0 Å². The van der Waals surface area contributed by atoms with Crippen LogP contribution in [0.4, 0.5) is 10.1 Å². The zero-order valence-electron chi connectivity index (χ0n) is 23.2. The van der Waals surface area contributed by atoms with Gasteiger partial charge in [-0.3, -0.25) is 13.9 Å². The van der Waals surface area contributed by atoms with E-state index in [4.69, 9.17) is 11.6 Å². The largest absolute Gasteiger partial charge is 0.357 e. The molecule has 1 unspecified atom stereocenters. The predicted molar refractivity (Wildman–Crippen MR) is 162 cm³/mol. The maximum atomic E-state index is 14.2. The molecule has 0 fully saturated rings. The van der Waals surface area contributed by atoms with Crippen molar-refractivity contribution in [2.24, 2.45) is 0 Å². The lowest BCUT2D eigenvalue weighted by Crippen LogP contribution is -2.53. The van der Waals surface area contributed by atoms with Gasteiger partial charge in [-0.15, -0.1) is 0 Å². The number of benzene rings is 4. The quantitative estimate of drug-likeness (QED) is 0.248. The zero-order valence-corrected chi connectivity index (χ0v) is 24.8. The average molecular weight is 608 g/mol. The Balaban J connectivity index is 1.78. The molecule has 2 amide bonds. The van der Waals surface area contributed by atoms with Gasteiger partial charge in [0.15, 0.2) is 0 Å². The van der Waals surface area contributed by atoms with Gasteiger partial charge < -0.3 is 10.2 Å². The molecule has 4 aromatic carbocycles. The minimum Gasteiger partial charge on any atom is -0.357 e. The minimum absolute atomic E-state index is 0.00779. The fourth-order valence-electron chi connectivity index (χ4n) is 4.53. The fourth-order valence-corrected chi connectivity index (χ4v) is 6.15. The van der Waals surface area contributed by atoms with Crippen LogP contribution >= 0.6 is 11.6 Å². The van der Waals surface area contributed by atoms with Crippen LogP contribution in [0.3, 0.4) is 0 Å². The number of nitrogens with zero attached hydrogens (tertiary/aromatic N) is 2. The van der Waals surface area contributed by atoms with Crippen molar-refractivity contribution in [2.75, 3.05) is 17.9 Å². The zero-order chi connectivity index (χ0) is 30.3. The molecule has 0 heterocycles. The number of hydrogen-bond acceptors (Lipinski definition) is 4. The minimum atomic E-state index is -4.26. The molecule has 218 valence electrons. The molecule has 0 aliphatic rings. The summed E-state index contributed by atoms with van der Waals surface area (Å²) in [5.41, 5.74) is 2.44. The molecule has 0 spiro atoms. The highest BCUT2D eigenvalue weighted by Gasteiger charge is 2.34. The van der Waals surface area contributed by atoms with Crippen LogP contribution in [0, 0.1) is 12.7 Å². The Bertz CT molecular complexity index is 1630. The third kappa shape index (κ3) is 7.54.